The van der Waals surface area contributed by atoms with Gasteiger partial charge >= 0.3 is 0 Å². The smallest absolute Gasteiger partial charge is 0.0624 e. The molecule has 0 amide bonds. The standard InChI is InChI=1S/C16H22ClN3/c1-4-14-10-15(20(5-2)19-14)11-16(18-3)12-7-6-8-13(17)9-12/h6-10,16,18H,4-5,11H2,1-3H3. The predicted octanol–water partition coefficient (Wildman–Crippen LogP) is 3.62. The predicted molar refractivity (Wildman–Crippen MR) is 84.2 cm³/mol. The highest BCUT2D eigenvalue weighted by Crippen LogP contribution is 2.22. The second-order valence-electron chi connectivity index (χ2n) is 4.90. The summed E-state index contributed by atoms with van der Waals surface area (Å²) in [6.07, 6.45) is 1.89. The molecule has 0 saturated carbocycles. The van der Waals surface area contributed by atoms with Crippen LogP contribution in [0, 0.1) is 0 Å². The molecule has 0 saturated heterocycles. The molecule has 1 unspecified atom stereocenters. The second kappa shape index (κ2) is 6.91. The van der Waals surface area contributed by atoms with Crippen LogP contribution in [0.15, 0.2) is 30.3 Å². The van der Waals surface area contributed by atoms with Gasteiger partial charge in [-0.2, -0.15) is 5.10 Å². The van der Waals surface area contributed by atoms with Gasteiger partial charge in [0.15, 0.2) is 0 Å². The van der Waals surface area contributed by atoms with Crippen molar-refractivity contribution in [2.75, 3.05) is 7.05 Å². The first-order chi connectivity index (χ1) is 9.67. The normalized spacial score (nSPS) is 12.6. The molecule has 0 aliphatic rings. The quantitative estimate of drug-likeness (QED) is 0.881. The van der Waals surface area contributed by atoms with Gasteiger partial charge in [-0.3, -0.25) is 4.68 Å². The Labute approximate surface area is 126 Å². The summed E-state index contributed by atoms with van der Waals surface area (Å²) in [5.74, 6) is 0. The average Bonchev–Trinajstić information content (AvgIpc) is 2.87. The van der Waals surface area contributed by atoms with E-state index in [1.54, 1.807) is 0 Å². The van der Waals surface area contributed by atoms with E-state index in [1.807, 2.05) is 25.2 Å². The van der Waals surface area contributed by atoms with Gasteiger partial charge in [0, 0.05) is 29.7 Å². The molecule has 1 aromatic heterocycles. The van der Waals surface area contributed by atoms with Crippen LogP contribution < -0.4 is 5.32 Å². The van der Waals surface area contributed by atoms with Gasteiger partial charge in [-0.15, -0.1) is 0 Å². The summed E-state index contributed by atoms with van der Waals surface area (Å²) in [4.78, 5) is 0. The first-order valence-electron chi connectivity index (χ1n) is 7.16. The number of benzene rings is 1. The molecule has 20 heavy (non-hydrogen) atoms. The molecule has 0 bridgehead atoms. The van der Waals surface area contributed by atoms with Crippen LogP contribution in [0.2, 0.25) is 5.02 Å². The highest BCUT2D eigenvalue weighted by molar-refractivity contribution is 6.30. The third kappa shape index (κ3) is 3.41. The Bertz CT molecular complexity index is 563. The molecule has 0 radical (unpaired) electrons. The lowest BCUT2D eigenvalue weighted by atomic mass is 10.0. The van der Waals surface area contributed by atoms with E-state index in [1.165, 1.54) is 11.3 Å². The molecule has 2 rings (SSSR count). The third-order valence-corrected chi connectivity index (χ3v) is 3.82. The number of nitrogens with zero attached hydrogens (tertiary/aromatic N) is 2. The molecule has 1 aromatic carbocycles. The number of nitrogens with one attached hydrogen (secondary N) is 1. The van der Waals surface area contributed by atoms with Gasteiger partial charge in [-0.05, 0) is 44.2 Å². The van der Waals surface area contributed by atoms with Crippen molar-refractivity contribution in [3.8, 4) is 0 Å². The van der Waals surface area contributed by atoms with Crippen molar-refractivity contribution in [1.29, 1.82) is 0 Å². The SMILES string of the molecule is CCc1cc(CC(NC)c2cccc(Cl)c2)n(CC)n1. The highest BCUT2D eigenvalue weighted by Gasteiger charge is 2.14. The maximum atomic E-state index is 6.09. The molecular weight excluding hydrogens is 270 g/mol. The summed E-state index contributed by atoms with van der Waals surface area (Å²) >= 11 is 6.09. The molecule has 4 heteroatoms. The van der Waals surface area contributed by atoms with Crippen molar-refractivity contribution in [3.63, 3.8) is 0 Å². The second-order valence-corrected chi connectivity index (χ2v) is 5.33. The van der Waals surface area contributed by atoms with Crippen molar-refractivity contribution in [1.82, 2.24) is 15.1 Å². The van der Waals surface area contributed by atoms with Crippen LogP contribution in [-0.2, 0) is 19.4 Å². The zero-order valence-corrected chi connectivity index (χ0v) is 13.1. The van der Waals surface area contributed by atoms with E-state index >= 15 is 0 Å². The minimum atomic E-state index is 0.250. The van der Waals surface area contributed by atoms with Gasteiger partial charge in [-0.1, -0.05) is 30.7 Å². The van der Waals surface area contributed by atoms with Crippen LogP contribution in [0.1, 0.15) is 36.8 Å². The fourth-order valence-electron chi connectivity index (χ4n) is 2.44. The molecule has 1 atom stereocenters. The minimum Gasteiger partial charge on any atom is -0.313 e. The van der Waals surface area contributed by atoms with Gasteiger partial charge < -0.3 is 5.32 Å². The first kappa shape index (κ1) is 15.1. The Morgan fingerprint density at radius 1 is 1.30 bits per heavy atom. The van der Waals surface area contributed by atoms with E-state index < -0.39 is 0 Å². The largest absolute Gasteiger partial charge is 0.313 e. The van der Waals surface area contributed by atoms with E-state index in [9.17, 15) is 0 Å². The number of rotatable bonds is 6. The maximum absolute atomic E-state index is 6.09. The molecule has 0 aliphatic carbocycles. The van der Waals surface area contributed by atoms with Crippen molar-refractivity contribution >= 4 is 11.6 Å². The summed E-state index contributed by atoms with van der Waals surface area (Å²) in [5.41, 5.74) is 3.63. The highest BCUT2D eigenvalue weighted by atomic mass is 35.5. The van der Waals surface area contributed by atoms with E-state index in [0.717, 1.165) is 30.1 Å². The fraction of sp³-hybridized carbons (Fsp3) is 0.438. The van der Waals surface area contributed by atoms with Crippen LogP contribution in [-0.4, -0.2) is 16.8 Å². The van der Waals surface area contributed by atoms with Crippen molar-refractivity contribution in [2.45, 2.75) is 39.3 Å². The summed E-state index contributed by atoms with van der Waals surface area (Å²) < 4.78 is 2.09. The first-order valence-corrected chi connectivity index (χ1v) is 7.54. The van der Waals surface area contributed by atoms with Crippen molar-refractivity contribution in [3.05, 3.63) is 52.3 Å². The number of aryl methyl sites for hydroxylation is 2. The third-order valence-electron chi connectivity index (χ3n) is 3.59. The molecule has 1 heterocycles. The Kier molecular flexibility index (Phi) is 5.21. The van der Waals surface area contributed by atoms with E-state index in [-0.39, 0.29) is 6.04 Å². The topological polar surface area (TPSA) is 29.9 Å². The molecule has 0 aliphatic heterocycles. The summed E-state index contributed by atoms with van der Waals surface area (Å²) in [7, 11) is 1.99. The molecular formula is C16H22ClN3. The fourth-order valence-corrected chi connectivity index (χ4v) is 2.64. The minimum absolute atomic E-state index is 0.250. The number of hydrogen-bond acceptors (Lipinski definition) is 2. The zero-order chi connectivity index (χ0) is 14.5. The number of halogens is 1. The maximum Gasteiger partial charge on any atom is 0.0624 e. The Morgan fingerprint density at radius 3 is 2.70 bits per heavy atom. The Hall–Kier alpha value is -1.32. The number of aromatic nitrogens is 2. The number of likely N-dealkylation sites (N-methyl/N-ethyl adjacent to an activating group) is 1. The van der Waals surface area contributed by atoms with E-state index in [0.29, 0.717) is 0 Å². The van der Waals surface area contributed by atoms with E-state index in [4.69, 9.17) is 11.6 Å². The lowest BCUT2D eigenvalue weighted by Gasteiger charge is -2.17. The monoisotopic (exact) mass is 291 g/mol. The number of hydrogen-bond donors (Lipinski definition) is 1. The molecule has 2 aromatic rings. The van der Waals surface area contributed by atoms with Gasteiger partial charge in [0.05, 0.1) is 5.69 Å². The molecule has 0 spiro atoms. The molecule has 3 nitrogen and oxygen atoms in total. The molecule has 1 N–H and O–H groups in total. The summed E-state index contributed by atoms with van der Waals surface area (Å²) in [6, 6.07) is 10.5. The zero-order valence-electron chi connectivity index (χ0n) is 12.4. The Balaban J connectivity index is 2.24. The van der Waals surface area contributed by atoms with Crippen LogP contribution in [0.3, 0.4) is 0 Å². The average molecular weight is 292 g/mol. The van der Waals surface area contributed by atoms with Gasteiger partial charge in [0.1, 0.15) is 0 Å². The summed E-state index contributed by atoms with van der Waals surface area (Å²) in [6.45, 7) is 5.17. The van der Waals surface area contributed by atoms with Crippen LogP contribution >= 0.6 is 11.6 Å². The molecule has 0 fully saturated rings. The van der Waals surface area contributed by atoms with Gasteiger partial charge in [0.2, 0.25) is 0 Å². The van der Waals surface area contributed by atoms with Crippen LogP contribution in [0.25, 0.3) is 0 Å². The lowest BCUT2D eigenvalue weighted by Crippen LogP contribution is -2.20. The Morgan fingerprint density at radius 2 is 2.10 bits per heavy atom. The van der Waals surface area contributed by atoms with Crippen molar-refractivity contribution in [2.24, 2.45) is 0 Å². The van der Waals surface area contributed by atoms with E-state index in [2.05, 4.69) is 41.1 Å². The van der Waals surface area contributed by atoms with Crippen molar-refractivity contribution < 1.29 is 0 Å². The van der Waals surface area contributed by atoms with Gasteiger partial charge in [0.25, 0.3) is 0 Å². The molecule has 108 valence electrons. The van der Waals surface area contributed by atoms with Crippen LogP contribution in [0.5, 0.6) is 0 Å². The summed E-state index contributed by atoms with van der Waals surface area (Å²) in [5, 5.41) is 8.76. The van der Waals surface area contributed by atoms with Crippen LogP contribution in [0.4, 0.5) is 0 Å². The van der Waals surface area contributed by atoms with Gasteiger partial charge in [-0.25, -0.2) is 0 Å². The lowest BCUT2D eigenvalue weighted by molar-refractivity contribution is 0.540.